The van der Waals surface area contributed by atoms with Gasteiger partial charge in [0.25, 0.3) is 0 Å². The van der Waals surface area contributed by atoms with E-state index in [-0.39, 0.29) is 11.5 Å². The van der Waals surface area contributed by atoms with Crippen molar-refractivity contribution in [1.29, 1.82) is 0 Å². The molecule has 0 bridgehead atoms. The maximum absolute atomic E-state index is 6.14. The van der Waals surface area contributed by atoms with Crippen LogP contribution in [0.25, 0.3) is 0 Å². The fourth-order valence-electron chi connectivity index (χ4n) is 2.96. The van der Waals surface area contributed by atoms with E-state index in [2.05, 4.69) is 64.2 Å². The Kier molecular flexibility index (Phi) is 4.87. The molecule has 1 aliphatic heterocycles. The molecule has 2 heteroatoms. The van der Waals surface area contributed by atoms with Crippen molar-refractivity contribution in [3.63, 3.8) is 0 Å². The van der Waals surface area contributed by atoms with Crippen LogP contribution in [0.2, 0.25) is 0 Å². The van der Waals surface area contributed by atoms with Crippen molar-refractivity contribution in [3.8, 4) is 0 Å². The molecule has 0 aliphatic carbocycles. The van der Waals surface area contributed by atoms with Gasteiger partial charge in [0.2, 0.25) is 0 Å². The highest BCUT2D eigenvalue weighted by Crippen LogP contribution is 2.30. The van der Waals surface area contributed by atoms with E-state index in [1.165, 1.54) is 11.1 Å². The summed E-state index contributed by atoms with van der Waals surface area (Å²) in [6.07, 6.45) is 2.33. The Balaban J connectivity index is 2.12. The van der Waals surface area contributed by atoms with Gasteiger partial charge in [-0.05, 0) is 36.3 Å². The molecule has 3 atom stereocenters. The van der Waals surface area contributed by atoms with E-state index >= 15 is 0 Å². The van der Waals surface area contributed by atoms with Crippen molar-refractivity contribution in [2.24, 2.45) is 5.41 Å². The minimum absolute atomic E-state index is 0.160. The second-order valence-corrected chi connectivity index (χ2v) is 7.05. The molecule has 1 N–H and O–H groups in total. The summed E-state index contributed by atoms with van der Waals surface area (Å²) in [5.41, 5.74) is 2.95. The third-order valence-electron chi connectivity index (χ3n) is 4.38. The zero-order valence-electron chi connectivity index (χ0n) is 13.6. The van der Waals surface area contributed by atoms with Gasteiger partial charge in [0, 0.05) is 18.7 Å². The predicted molar refractivity (Wildman–Crippen MR) is 85.0 cm³/mol. The normalized spacial score (nSPS) is 28.1. The van der Waals surface area contributed by atoms with Crippen molar-refractivity contribution in [2.75, 3.05) is 6.61 Å². The van der Waals surface area contributed by atoms with Crippen molar-refractivity contribution >= 4 is 0 Å². The van der Waals surface area contributed by atoms with Crippen LogP contribution in [-0.4, -0.2) is 18.7 Å². The van der Waals surface area contributed by atoms with Gasteiger partial charge in [0.15, 0.2) is 0 Å². The number of rotatable bonds is 2. The van der Waals surface area contributed by atoms with Crippen LogP contribution in [0, 0.1) is 5.41 Å². The zero-order chi connectivity index (χ0) is 14.8. The molecule has 1 saturated heterocycles. The van der Waals surface area contributed by atoms with Crippen LogP contribution >= 0.6 is 0 Å². The Morgan fingerprint density at radius 3 is 2.40 bits per heavy atom. The molecule has 2 rings (SSSR count). The van der Waals surface area contributed by atoms with E-state index in [0.717, 1.165) is 19.4 Å². The molecule has 0 aromatic heterocycles. The molecule has 0 saturated carbocycles. The van der Waals surface area contributed by atoms with Gasteiger partial charge >= 0.3 is 0 Å². The Labute approximate surface area is 123 Å². The van der Waals surface area contributed by atoms with E-state index in [9.17, 15) is 0 Å². The number of benzene rings is 1. The summed E-state index contributed by atoms with van der Waals surface area (Å²) >= 11 is 0. The standard InChI is InChI=1S/C18H29NO/c1-6-14-7-9-15(10-8-14)17-13(2)19-16(11-12-20-17)18(3,4)5/h7-10,13,16-17,19H,6,11-12H2,1-5H3. The highest BCUT2D eigenvalue weighted by molar-refractivity contribution is 5.25. The molecule has 2 nitrogen and oxygen atoms in total. The minimum atomic E-state index is 0.160. The molecule has 0 radical (unpaired) electrons. The van der Waals surface area contributed by atoms with E-state index in [1.54, 1.807) is 0 Å². The highest BCUT2D eigenvalue weighted by atomic mass is 16.5. The summed E-state index contributed by atoms with van der Waals surface area (Å²) in [5.74, 6) is 0. The predicted octanol–water partition coefficient (Wildman–Crippen LogP) is 4.10. The molecule has 3 unspecified atom stereocenters. The van der Waals surface area contributed by atoms with Gasteiger partial charge in [-0.1, -0.05) is 52.0 Å². The SMILES string of the molecule is CCc1ccc(C2OCCC(C(C)(C)C)NC2C)cc1. The van der Waals surface area contributed by atoms with Crippen LogP contribution < -0.4 is 5.32 Å². The largest absolute Gasteiger partial charge is 0.372 e. The van der Waals surface area contributed by atoms with Gasteiger partial charge in [-0.25, -0.2) is 0 Å². The molecule has 1 heterocycles. The van der Waals surface area contributed by atoms with Crippen molar-refractivity contribution < 1.29 is 4.74 Å². The molecule has 20 heavy (non-hydrogen) atoms. The number of aryl methyl sites for hydroxylation is 1. The average molecular weight is 275 g/mol. The lowest BCUT2D eigenvalue weighted by Gasteiger charge is -2.33. The Morgan fingerprint density at radius 1 is 1.20 bits per heavy atom. The van der Waals surface area contributed by atoms with Gasteiger partial charge in [-0.3, -0.25) is 0 Å². The highest BCUT2D eigenvalue weighted by Gasteiger charge is 2.32. The summed E-state index contributed by atoms with van der Waals surface area (Å²) in [7, 11) is 0. The van der Waals surface area contributed by atoms with Crippen LogP contribution in [-0.2, 0) is 11.2 Å². The van der Waals surface area contributed by atoms with Crippen molar-refractivity contribution in [3.05, 3.63) is 35.4 Å². The third-order valence-corrected chi connectivity index (χ3v) is 4.38. The lowest BCUT2D eigenvalue weighted by atomic mass is 9.84. The molecular formula is C18H29NO. The zero-order valence-corrected chi connectivity index (χ0v) is 13.6. The molecule has 1 aromatic carbocycles. The van der Waals surface area contributed by atoms with Gasteiger partial charge in [-0.15, -0.1) is 0 Å². The molecule has 1 aliphatic rings. The summed E-state index contributed by atoms with van der Waals surface area (Å²) in [6, 6.07) is 9.74. The fourth-order valence-corrected chi connectivity index (χ4v) is 2.96. The average Bonchev–Trinajstić information content (AvgIpc) is 2.60. The minimum Gasteiger partial charge on any atom is -0.372 e. The fraction of sp³-hybridized carbons (Fsp3) is 0.667. The molecule has 112 valence electrons. The second kappa shape index (κ2) is 6.28. The summed E-state index contributed by atoms with van der Waals surface area (Å²) in [5, 5.41) is 3.77. The first-order valence-electron chi connectivity index (χ1n) is 7.88. The van der Waals surface area contributed by atoms with E-state index in [0.29, 0.717) is 12.1 Å². The summed E-state index contributed by atoms with van der Waals surface area (Å²) < 4.78 is 6.14. The van der Waals surface area contributed by atoms with Gasteiger partial charge in [-0.2, -0.15) is 0 Å². The first-order valence-corrected chi connectivity index (χ1v) is 7.88. The topological polar surface area (TPSA) is 21.3 Å². The first-order chi connectivity index (χ1) is 9.41. The molecule has 1 aromatic rings. The second-order valence-electron chi connectivity index (χ2n) is 7.05. The van der Waals surface area contributed by atoms with Gasteiger partial charge in [0.05, 0.1) is 6.10 Å². The van der Waals surface area contributed by atoms with Gasteiger partial charge in [0.1, 0.15) is 0 Å². The Hall–Kier alpha value is -0.860. The molecule has 1 fully saturated rings. The maximum Gasteiger partial charge on any atom is 0.0975 e. The van der Waals surface area contributed by atoms with Crippen molar-refractivity contribution in [2.45, 2.75) is 65.6 Å². The quantitative estimate of drug-likeness (QED) is 0.877. The van der Waals surface area contributed by atoms with Crippen LogP contribution in [0.5, 0.6) is 0 Å². The molecule has 0 amide bonds. The van der Waals surface area contributed by atoms with Crippen LogP contribution in [0.4, 0.5) is 0 Å². The smallest absolute Gasteiger partial charge is 0.0975 e. The Bertz CT molecular complexity index is 418. The van der Waals surface area contributed by atoms with Crippen LogP contribution in [0.3, 0.4) is 0 Å². The molecular weight excluding hydrogens is 246 g/mol. The van der Waals surface area contributed by atoms with E-state index in [4.69, 9.17) is 4.74 Å². The Morgan fingerprint density at radius 2 is 1.85 bits per heavy atom. The lowest BCUT2D eigenvalue weighted by Crippen LogP contribution is -2.45. The number of nitrogens with one attached hydrogen (secondary N) is 1. The number of hydrogen-bond acceptors (Lipinski definition) is 2. The van der Waals surface area contributed by atoms with Gasteiger partial charge < -0.3 is 10.1 Å². The maximum atomic E-state index is 6.14. The third kappa shape index (κ3) is 3.62. The first kappa shape index (κ1) is 15.5. The molecule has 0 spiro atoms. The lowest BCUT2D eigenvalue weighted by molar-refractivity contribution is 0.0460. The monoisotopic (exact) mass is 275 g/mol. The van der Waals surface area contributed by atoms with Crippen LogP contribution in [0.1, 0.15) is 58.3 Å². The number of ether oxygens (including phenoxy) is 1. The summed E-state index contributed by atoms with van der Waals surface area (Å²) in [6.45, 7) is 12.2. The van der Waals surface area contributed by atoms with E-state index in [1.807, 2.05) is 0 Å². The summed E-state index contributed by atoms with van der Waals surface area (Å²) in [4.78, 5) is 0. The van der Waals surface area contributed by atoms with Crippen LogP contribution in [0.15, 0.2) is 24.3 Å². The number of hydrogen-bond donors (Lipinski definition) is 1. The van der Waals surface area contributed by atoms with E-state index < -0.39 is 0 Å². The van der Waals surface area contributed by atoms with Crippen molar-refractivity contribution in [1.82, 2.24) is 5.32 Å².